The summed E-state index contributed by atoms with van der Waals surface area (Å²) in [5.41, 5.74) is 1.17. The van der Waals surface area contributed by atoms with E-state index in [-0.39, 0.29) is 5.72 Å². The molecule has 2 aliphatic rings. The van der Waals surface area contributed by atoms with Crippen molar-refractivity contribution in [3.8, 4) is 0 Å². The summed E-state index contributed by atoms with van der Waals surface area (Å²) in [5, 5.41) is 11.9. The van der Waals surface area contributed by atoms with Crippen molar-refractivity contribution in [3.05, 3.63) is 35.9 Å². The molecule has 1 aliphatic carbocycles. The van der Waals surface area contributed by atoms with E-state index in [1.54, 1.807) is 4.68 Å². The molecule has 2 heterocycles. The molecule has 1 aromatic carbocycles. The Balaban J connectivity index is 1.40. The van der Waals surface area contributed by atoms with E-state index < -0.39 is 0 Å². The summed E-state index contributed by atoms with van der Waals surface area (Å²) in [6.07, 6.45) is 7.13. The quantitative estimate of drug-likeness (QED) is 0.854. The molecule has 25 heavy (non-hydrogen) atoms. The summed E-state index contributed by atoms with van der Waals surface area (Å²) in [5.74, 6) is 1.48. The molecule has 2 aromatic rings. The Hall–Kier alpha value is -1.95. The number of anilines is 1. The molecule has 2 fully saturated rings. The van der Waals surface area contributed by atoms with Gasteiger partial charge in [0.1, 0.15) is 5.72 Å². The van der Waals surface area contributed by atoms with Crippen molar-refractivity contribution in [2.75, 3.05) is 11.4 Å². The van der Waals surface area contributed by atoms with Gasteiger partial charge in [0.15, 0.2) is 0 Å². The molecule has 6 nitrogen and oxygen atoms in total. The second-order valence-electron chi connectivity index (χ2n) is 7.53. The SMILES string of the molecule is Cn1nnnc1N1CCCC1(C)OC1CCC(c2ccccc2)CC1. The molecule has 1 atom stereocenters. The number of tetrazole rings is 1. The second-order valence-corrected chi connectivity index (χ2v) is 7.53. The van der Waals surface area contributed by atoms with Crippen molar-refractivity contribution in [3.63, 3.8) is 0 Å². The largest absolute Gasteiger partial charge is 0.353 e. The topological polar surface area (TPSA) is 56.1 Å². The lowest BCUT2D eigenvalue weighted by atomic mass is 9.82. The van der Waals surface area contributed by atoms with Gasteiger partial charge in [0, 0.05) is 13.6 Å². The van der Waals surface area contributed by atoms with Gasteiger partial charge in [-0.3, -0.25) is 0 Å². The number of aryl methyl sites for hydroxylation is 1. The van der Waals surface area contributed by atoms with Gasteiger partial charge in [0.05, 0.1) is 6.10 Å². The van der Waals surface area contributed by atoms with Crippen LogP contribution in [0.4, 0.5) is 5.95 Å². The van der Waals surface area contributed by atoms with Gasteiger partial charge in [-0.1, -0.05) is 35.4 Å². The molecule has 0 amide bonds. The van der Waals surface area contributed by atoms with E-state index in [2.05, 4.69) is 57.7 Å². The number of nitrogens with zero attached hydrogens (tertiary/aromatic N) is 5. The van der Waals surface area contributed by atoms with Gasteiger partial charge in [-0.15, -0.1) is 0 Å². The number of benzene rings is 1. The van der Waals surface area contributed by atoms with Crippen LogP contribution in [-0.2, 0) is 11.8 Å². The fraction of sp³-hybridized carbons (Fsp3) is 0.632. The lowest BCUT2D eigenvalue weighted by molar-refractivity contribution is -0.0908. The monoisotopic (exact) mass is 341 g/mol. The van der Waals surface area contributed by atoms with Gasteiger partial charge in [-0.05, 0) is 67.4 Å². The fourth-order valence-corrected chi connectivity index (χ4v) is 4.42. The number of ether oxygens (including phenoxy) is 1. The Kier molecular flexibility index (Phi) is 4.46. The van der Waals surface area contributed by atoms with Crippen LogP contribution in [0.5, 0.6) is 0 Å². The summed E-state index contributed by atoms with van der Waals surface area (Å²) in [6.45, 7) is 3.14. The van der Waals surface area contributed by atoms with E-state index in [1.807, 2.05) is 7.05 Å². The van der Waals surface area contributed by atoms with Crippen LogP contribution in [0.15, 0.2) is 30.3 Å². The average molecular weight is 341 g/mol. The molecule has 1 saturated heterocycles. The first kappa shape index (κ1) is 16.5. The van der Waals surface area contributed by atoms with Crippen LogP contribution in [0.1, 0.15) is 56.9 Å². The van der Waals surface area contributed by atoms with Crippen LogP contribution in [0, 0.1) is 0 Å². The maximum Gasteiger partial charge on any atom is 0.247 e. The molecule has 4 rings (SSSR count). The predicted octanol–water partition coefficient (Wildman–Crippen LogP) is 3.27. The van der Waals surface area contributed by atoms with Crippen molar-refractivity contribution in [2.24, 2.45) is 7.05 Å². The number of hydrogen-bond acceptors (Lipinski definition) is 5. The van der Waals surface area contributed by atoms with Crippen LogP contribution >= 0.6 is 0 Å². The van der Waals surface area contributed by atoms with Gasteiger partial charge < -0.3 is 9.64 Å². The van der Waals surface area contributed by atoms with Crippen molar-refractivity contribution in [1.29, 1.82) is 0 Å². The van der Waals surface area contributed by atoms with Crippen LogP contribution in [0.3, 0.4) is 0 Å². The van der Waals surface area contributed by atoms with E-state index in [0.29, 0.717) is 12.0 Å². The second kappa shape index (κ2) is 6.75. The Morgan fingerprint density at radius 3 is 2.56 bits per heavy atom. The third-order valence-corrected chi connectivity index (χ3v) is 5.80. The molecule has 6 heteroatoms. The minimum Gasteiger partial charge on any atom is -0.353 e. The molecule has 0 bridgehead atoms. The maximum atomic E-state index is 6.63. The van der Waals surface area contributed by atoms with Gasteiger partial charge >= 0.3 is 0 Å². The average Bonchev–Trinajstić information content (AvgIpc) is 3.21. The Labute approximate surface area is 149 Å². The fourth-order valence-electron chi connectivity index (χ4n) is 4.42. The van der Waals surface area contributed by atoms with Gasteiger partial charge in [0.25, 0.3) is 0 Å². The van der Waals surface area contributed by atoms with Gasteiger partial charge in [-0.25, -0.2) is 4.68 Å². The Morgan fingerprint density at radius 2 is 1.88 bits per heavy atom. The normalized spacial score (nSPS) is 29.9. The highest BCUT2D eigenvalue weighted by Gasteiger charge is 2.42. The molecule has 1 aliphatic heterocycles. The van der Waals surface area contributed by atoms with Crippen molar-refractivity contribution < 1.29 is 4.74 Å². The summed E-state index contributed by atoms with van der Waals surface area (Å²) in [4.78, 5) is 2.23. The molecular weight excluding hydrogens is 314 g/mol. The molecule has 1 saturated carbocycles. The number of aromatic nitrogens is 4. The van der Waals surface area contributed by atoms with Gasteiger partial charge in [0.2, 0.25) is 5.95 Å². The lowest BCUT2D eigenvalue weighted by Gasteiger charge is -2.40. The van der Waals surface area contributed by atoms with E-state index in [1.165, 1.54) is 18.4 Å². The lowest BCUT2D eigenvalue weighted by Crippen LogP contribution is -2.47. The smallest absolute Gasteiger partial charge is 0.247 e. The van der Waals surface area contributed by atoms with Crippen LogP contribution in [-0.4, -0.2) is 38.6 Å². The minimum atomic E-state index is -0.299. The molecule has 1 unspecified atom stereocenters. The Morgan fingerprint density at radius 1 is 1.12 bits per heavy atom. The third-order valence-electron chi connectivity index (χ3n) is 5.80. The first-order valence-corrected chi connectivity index (χ1v) is 9.38. The molecule has 0 radical (unpaired) electrons. The van der Waals surface area contributed by atoms with E-state index >= 15 is 0 Å². The number of hydrogen-bond donors (Lipinski definition) is 0. The van der Waals surface area contributed by atoms with E-state index in [9.17, 15) is 0 Å². The summed E-state index contributed by atoms with van der Waals surface area (Å²) in [6, 6.07) is 10.9. The van der Waals surface area contributed by atoms with E-state index in [4.69, 9.17) is 4.74 Å². The molecule has 1 aromatic heterocycles. The molecule has 134 valence electrons. The number of rotatable bonds is 4. The zero-order chi connectivity index (χ0) is 17.3. The van der Waals surface area contributed by atoms with Gasteiger partial charge in [-0.2, -0.15) is 0 Å². The predicted molar refractivity (Wildman–Crippen MR) is 96.3 cm³/mol. The summed E-state index contributed by atoms with van der Waals surface area (Å²) >= 11 is 0. The first-order chi connectivity index (χ1) is 12.2. The van der Waals surface area contributed by atoms with E-state index in [0.717, 1.165) is 38.2 Å². The first-order valence-electron chi connectivity index (χ1n) is 9.38. The van der Waals surface area contributed by atoms with Crippen LogP contribution in [0.2, 0.25) is 0 Å². The molecule has 0 spiro atoms. The summed E-state index contributed by atoms with van der Waals surface area (Å²) in [7, 11) is 1.89. The van der Waals surface area contributed by atoms with Crippen molar-refractivity contribution >= 4 is 5.95 Å². The summed E-state index contributed by atoms with van der Waals surface area (Å²) < 4.78 is 8.37. The third kappa shape index (κ3) is 3.27. The standard InChI is InChI=1S/C19H27N5O/c1-19(13-6-14-24(19)18-20-21-22-23(18)2)25-17-11-9-16(10-12-17)15-7-4-3-5-8-15/h3-5,7-8,16-17H,6,9-14H2,1-2H3. The highest BCUT2D eigenvalue weighted by molar-refractivity contribution is 5.33. The zero-order valence-corrected chi connectivity index (χ0v) is 15.1. The minimum absolute atomic E-state index is 0.299. The molecule has 0 N–H and O–H groups in total. The Bertz CT molecular complexity index is 695. The van der Waals surface area contributed by atoms with Crippen molar-refractivity contribution in [2.45, 2.75) is 63.2 Å². The van der Waals surface area contributed by atoms with Crippen LogP contribution in [0.25, 0.3) is 0 Å². The van der Waals surface area contributed by atoms with Crippen molar-refractivity contribution in [1.82, 2.24) is 20.2 Å². The molecular formula is C19H27N5O. The van der Waals surface area contributed by atoms with Crippen LogP contribution < -0.4 is 4.90 Å². The highest BCUT2D eigenvalue weighted by Crippen LogP contribution is 2.39. The highest BCUT2D eigenvalue weighted by atomic mass is 16.5. The maximum absolute atomic E-state index is 6.63. The zero-order valence-electron chi connectivity index (χ0n) is 15.1.